The zero-order valence-corrected chi connectivity index (χ0v) is 30.9. The molecule has 0 spiro atoms. The molecule has 4 aliphatic rings. The van der Waals surface area contributed by atoms with Gasteiger partial charge in [0.05, 0.1) is 0 Å². The molecule has 2 unspecified atom stereocenters. The van der Waals surface area contributed by atoms with Crippen LogP contribution in [0.25, 0.3) is 0 Å². The molecule has 0 radical (unpaired) electrons. The summed E-state index contributed by atoms with van der Waals surface area (Å²) in [6.45, 7) is 4.24. The molecule has 2 aromatic carbocycles. The molecule has 0 aromatic heterocycles. The van der Waals surface area contributed by atoms with Gasteiger partial charge in [0.1, 0.15) is 0 Å². The van der Waals surface area contributed by atoms with Crippen molar-refractivity contribution in [1.29, 1.82) is 0 Å². The van der Waals surface area contributed by atoms with Crippen LogP contribution >= 0.6 is 0 Å². The fourth-order valence-electron chi connectivity index (χ4n) is 5.13. The number of allylic oxidation sites excluding steroid dienone is 16. The van der Waals surface area contributed by atoms with Crippen LogP contribution in [0.5, 0.6) is 0 Å². The first-order valence-electron chi connectivity index (χ1n) is 13.4. The number of hydrogen-bond acceptors (Lipinski definition) is 0. The van der Waals surface area contributed by atoms with Crippen LogP contribution in [0.3, 0.4) is 0 Å². The van der Waals surface area contributed by atoms with E-state index in [2.05, 4.69) is 147 Å². The maximum absolute atomic E-state index is 3.43. The Hall–Kier alpha value is -1.65. The SMILES string of the molecule is CC1=[C-]C2=CC=CCC(c3ccccc3)C2=C1.CC1=[C-]C2=CC=CCC(c3ccccc3)C2=C1.[CH3][Ge]([CH3])=[Hf+2].[Cl-].[Cl-]. The van der Waals surface area contributed by atoms with Crippen LogP contribution in [0.2, 0.25) is 11.5 Å². The van der Waals surface area contributed by atoms with Crippen LogP contribution in [-0.4, -0.2) is 10.1 Å². The molecular weight excluding hydrogens is 754 g/mol. The third-order valence-corrected chi connectivity index (χ3v) is 6.73. The second-order valence-corrected chi connectivity index (χ2v) is 33.1. The molecule has 0 saturated carbocycles. The van der Waals surface area contributed by atoms with E-state index in [0.29, 0.717) is 11.8 Å². The van der Waals surface area contributed by atoms with E-state index in [1.165, 1.54) is 65.8 Å². The Kier molecular flexibility index (Phi) is 15.0. The first-order chi connectivity index (χ1) is 18.4. The zero-order chi connectivity index (χ0) is 26.9. The fraction of sp³-hybridized carbons (Fsp3) is 0.222. The molecule has 6 rings (SSSR count). The molecule has 0 N–H and O–H groups in total. The normalized spacial score (nSPS) is 19.8. The molecule has 0 nitrogen and oxygen atoms in total. The number of rotatable bonds is 2. The van der Waals surface area contributed by atoms with Crippen molar-refractivity contribution in [1.82, 2.24) is 0 Å². The Bertz CT molecular complexity index is 1300. The molecule has 2 aromatic rings. The maximum Gasteiger partial charge on any atom is -1.00 e. The summed E-state index contributed by atoms with van der Waals surface area (Å²) in [5, 5.41) is 0. The minimum Gasteiger partial charge on any atom is -1.00 e. The first kappa shape index (κ1) is 34.6. The maximum atomic E-state index is 3.43. The molecule has 0 heterocycles. The summed E-state index contributed by atoms with van der Waals surface area (Å²) in [5.74, 6) is 5.75. The van der Waals surface area contributed by atoms with Crippen molar-refractivity contribution >= 4 is 10.1 Å². The van der Waals surface area contributed by atoms with Gasteiger partial charge in [-0.2, -0.15) is 34.4 Å². The average molecular weight is 791 g/mol. The van der Waals surface area contributed by atoms with Crippen molar-refractivity contribution < 1.29 is 46.1 Å². The van der Waals surface area contributed by atoms with Crippen LogP contribution in [-0.2, 0) is 21.3 Å². The van der Waals surface area contributed by atoms with E-state index in [-0.39, 0.29) is 34.9 Å². The van der Waals surface area contributed by atoms with Crippen LogP contribution in [0.1, 0.15) is 49.7 Å². The molecule has 0 fully saturated rings. The van der Waals surface area contributed by atoms with Crippen molar-refractivity contribution in [3.63, 3.8) is 0 Å². The molecule has 0 saturated heterocycles. The Morgan fingerprint density at radius 1 is 0.650 bits per heavy atom. The predicted molar refractivity (Wildman–Crippen MR) is 161 cm³/mol. The van der Waals surface area contributed by atoms with Crippen molar-refractivity contribution in [2.45, 2.75) is 50.0 Å². The Labute approximate surface area is 270 Å². The molecule has 4 aliphatic carbocycles. The van der Waals surface area contributed by atoms with Gasteiger partial charge >= 0.3 is 42.8 Å². The van der Waals surface area contributed by atoms with Crippen molar-refractivity contribution in [3.8, 4) is 0 Å². The summed E-state index contributed by atoms with van der Waals surface area (Å²) in [4.78, 5) is 0. The molecular formula is C36H36Cl2GeHf-2. The number of fused-ring (bicyclic) bond motifs is 2. The van der Waals surface area contributed by atoms with Crippen LogP contribution in [0, 0.1) is 12.2 Å². The van der Waals surface area contributed by atoms with Gasteiger partial charge < -0.3 is 24.8 Å². The monoisotopic (exact) mass is 792 g/mol. The molecule has 4 heteroatoms. The molecule has 0 bridgehead atoms. The summed E-state index contributed by atoms with van der Waals surface area (Å²) in [6.07, 6.45) is 26.7. The quantitative estimate of drug-likeness (QED) is 0.324. The Morgan fingerprint density at radius 2 is 1.00 bits per heavy atom. The van der Waals surface area contributed by atoms with Gasteiger partial charge in [0.2, 0.25) is 0 Å². The van der Waals surface area contributed by atoms with Gasteiger partial charge in [0.15, 0.2) is 0 Å². The second kappa shape index (κ2) is 17.3. The summed E-state index contributed by atoms with van der Waals surface area (Å²) < 4.78 is 0. The van der Waals surface area contributed by atoms with Gasteiger partial charge in [-0.25, -0.2) is 0 Å². The molecule has 0 amide bonds. The van der Waals surface area contributed by atoms with Crippen LogP contribution in [0.4, 0.5) is 0 Å². The largest absolute Gasteiger partial charge is 1.00 e. The Balaban J connectivity index is 0.000000237. The summed E-state index contributed by atoms with van der Waals surface area (Å²) >= 11 is 1.52. The summed E-state index contributed by atoms with van der Waals surface area (Å²) in [7, 11) is -0.194. The first-order valence-corrected chi connectivity index (χ1v) is 28.0. The van der Waals surface area contributed by atoms with Gasteiger partial charge in [0, 0.05) is 0 Å². The number of halogens is 2. The van der Waals surface area contributed by atoms with Gasteiger partial charge in [-0.05, 0) is 35.8 Å². The topological polar surface area (TPSA) is 0 Å². The van der Waals surface area contributed by atoms with E-state index < -0.39 is 0 Å². The zero-order valence-electron chi connectivity index (χ0n) is 23.7. The smallest absolute Gasteiger partial charge is 1.00 e. The van der Waals surface area contributed by atoms with Crippen LogP contribution < -0.4 is 24.8 Å². The minimum atomic E-state index is -0.194. The minimum absolute atomic E-state index is 0. The van der Waals surface area contributed by atoms with E-state index in [1.54, 1.807) is 0 Å². The Morgan fingerprint density at radius 3 is 1.35 bits per heavy atom. The van der Waals surface area contributed by atoms with Crippen molar-refractivity contribution in [2.24, 2.45) is 0 Å². The second-order valence-electron chi connectivity index (χ2n) is 10.2. The van der Waals surface area contributed by atoms with Crippen LogP contribution in [0.15, 0.2) is 143 Å². The molecule has 0 aliphatic heterocycles. The van der Waals surface area contributed by atoms with E-state index in [1.807, 2.05) is 0 Å². The third kappa shape index (κ3) is 9.72. The van der Waals surface area contributed by atoms with Crippen molar-refractivity contribution in [3.05, 3.63) is 166 Å². The van der Waals surface area contributed by atoms with E-state index in [4.69, 9.17) is 0 Å². The van der Waals surface area contributed by atoms with E-state index in [0.717, 1.165) is 12.8 Å². The van der Waals surface area contributed by atoms with Gasteiger partial charge in [-0.15, -0.1) is 47.6 Å². The molecule has 40 heavy (non-hydrogen) atoms. The van der Waals surface area contributed by atoms with Gasteiger partial charge in [-0.1, -0.05) is 86.7 Å². The predicted octanol–water partition coefficient (Wildman–Crippen LogP) is 3.48. The standard InChI is InChI=1S/2C17H15.C2H6Ge.2ClH.Hf/c2*1-13-11-15-9-5-6-10-16(17(15)12-13)14-7-3-2-4-8-14;1-3-2;;;/h2*2-9,12,16H,10H2,1H3;1-2H3;2*1H;/q2*-1;;;;+2/p-2. The van der Waals surface area contributed by atoms with Gasteiger partial charge in [-0.3, -0.25) is 0 Å². The third-order valence-electron chi connectivity index (χ3n) is 6.73. The number of hydrogen-bond donors (Lipinski definition) is 0. The fourth-order valence-corrected chi connectivity index (χ4v) is 5.13. The molecule has 204 valence electrons. The summed E-state index contributed by atoms with van der Waals surface area (Å²) in [6, 6.07) is 21.5. The van der Waals surface area contributed by atoms with Gasteiger partial charge in [0.25, 0.3) is 0 Å². The van der Waals surface area contributed by atoms with E-state index in [9.17, 15) is 0 Å². The van der Waals surface area contributed by atoms with E-state index >= 15 is 0 Å². The average Bonchev–Trinajstić information content (AvgIpc) is 3.31. The summed E-state index contributed by atoms with van der Waals surface area (Å²) in [5.41, 5.74) is 10.6. The number of benzene rings is 2. The molecule has 2 atom stereocenters. The van der Waals surface area contributed by atoms with Crippen molar-refractivity contribution in [2.75, 3.05) is 0 Å².